The van der Waals surface area contributed by atoms with Crippen molar-refractivity contribution in [2.45, 2.75) is 12.8 Å². The Balaban J connectivity index is 2.66. The fourth-order valence-electron chi connectivity index (χ4n) is 0.894. The van der Waals surface area contributed by atoms with Gasteiger partial charge in [0, 0.05) is 17.9 Å². The standard InChI is InChI=1S/C11H9ClF2/c12-7-3-1-2-4-9-5-6-10(13)11(14)8-9/h5-6,8H,1,3,7H2. The second-order valence-corrected chi connectivity index (χ2v) is 3.10. The van der Waals surface area contributed by atoms with Gasteiger partial charge in [-0.3, -0.25) is 0 Å². The molecule has 0 saturated carbocycles. The van der Waals surface area contributed by atoms with Crippen molar-refractivity contribution < 1.29 is 8.78 Å². The predicted molar refractivity (Wildman–Crippen MR) is 53.2 cm³/mol. The van der Waals surface area contributed by atoms with Gasteiger partial charge in [0.2, 0.25) is 0 Å². The highest BCUT2D eigenvalue weighted by Crippen LogP contribution is 2.07. The van der Waals surface area contributed by atoms with Crippen LogP contribution in [-0.4, -0.2) is 5.88 Å². The minimum absolute atomic E-state index is 0.485. The molecule has 0 heterocycles. The Morgan fingerprint density at radius 2 is 2.00 bits per heavy atom. The normalized spacial score (nSPS) is 9.36. The van der Waals surface area contributed by atoms with Crippen LogP contribution in [0.3, 0.4) is 0 Å². The molecular weight excluding hydrogens is 206 g/mol. The van der Waals surface area contributed by atoms with Crippen LogP contribution in [0.5, 0.6) is 0 Å². The third kappa shape index (κ3) is 3.35. The summed E-state index contributed by atoms with van der Waals surface area (Å²) in [7, 11) is 0. The van der Waals surface area contributed by atoms with Crippen LogP contribution in [0.25, 0.3) is 0 Å². The molecule has 0 spiro atoms. The summed E-state index contributed by atoms with van der Waals surface area (Å²) in [5.74, 6) is 4.40. The SMILES string of the molecule is Fc1ccc(C#CCCCCl)cc1F. The molecule has 0 unspecified atom stereocenters. The molecule has 0 aliphatic rings. The van der Waals surface area contributed by atoms with Crippen molar-refractivity contribution in [3.8, 4) is 11.8 Å². The lowest BCUT2D eigenvalue weighted by atomic mass is 10.2. The number of benzene rings is 1. The van der Waals surface area contributed by atoms with Crippen molar-refractivity contribution >= 4 is 11.6 Å². The average Bonchev–Trinajstić information content (AvgIpc) is 2.18. The largest absolute Gasteiger partial charge is 0.204 e. The lowest BCUT2D eigenvalue weighted by Gasteiger charge is -1.92. The van der Waals surface area contributed by atoms with E-state index in [0.29, 0.717) is 17.9 Å². The van der Waals surface area contributed by atoms with Crippen molar-refractivity contribution in [3.63, 3.8) is 0 Å². The fraction of sp³-hybridized carbons (Fsp3) is 0.273. The van der Waals surface area contributed by atoms with E-state index < -0.39 is 11.6 Å². The minimum atomic E-state index is -0.867. The molecule has 0 nitrogen and oxygen atoms in total. The van der Waals surface area contributed by atoms with Gasteiger partial charge in [-0.25, -0.2) is 8.78 Å². The Hall–Kier alpha value is -1.07. The smallest absolute Gasteiger partial charge is 0.160 e. The van der Waals surface area contributed by atoms with Crippen LogP contribution in [0, 0.1) is 23.5 Å². The predicted octanol–water partition coefficient (Wildman–Crippen LogP) is 3.34. The molecule has 3 heteroatoms. The third-order valence-corrected chi connectivity index (χ3v) is 1.85. The van der Waals surface area contributed by atoms with Crippen molar-refractivity contribution in [1.29, 1.82) is 0 Å². The average molecular weight is 215 g/mol. The van der Waals surface area contributed by atoms with Gasteiger partial charge in [0.1, 0.15) is 0 Å². The van der Waals surface area contributed by atoms with E-state index in [2.05, 4.69) is 11.8 Å². The van der Waals surface area contributed by atoms with E-state index in [9.17, 15) is 8.78 Å². The van der Waals surface area contributed by atoms with Crippen LogP contribution in [0.15, 0.2) is 18.2 Å². The second-order valence-electron chi connectivity index (χ2n) is 2.72. The quantitative estimate of drug-likeness (QED) is 0.403. The molecule has 74 valence electrons. The van der Waals surface area contributed by atoms with Crippen molar-refractivity contribution in [3.05, 3.63) is 35.4 Å². The van der Waals surface area contributed by atoms with Crippen LogP contribution in [-0.2, 0) is 0 Å². The molecule has 0 aliphatic heterocycles. The van der Waals surface area contributed by atoms with Crippen molar-refractivity contribution in [2.24, 2.45) is 0 Å². The Morgan fingerprint density at radius 1 is 1.21 bits per heavy atom. The number of hydrogen-bond donors (Lipinski definition) is 0. The van der Waals surface area contributed by atoms with E-state index in [1.54, 1.807) is 0 Å². The van der Waals surface area contributed by atoms with Gasteiger partial charge in [-0.1, -0.05) is 11.8 Å². The molecule has 14 heavy (non-hydrogen) atoms. The summed E-state index contributed by atoms with van der Waals surface area (Å²) in [4.78, 5) is 0. The Morgan fingerprint density at radius 3 is 2.64 bits per heavy atom. The monoisotopic (exact) mass is 214 g/mol. The van der Waals surface area contributed by atoms with Gasteiger partial charge in [0.25, 0.3) is 0 Å². The van der Waals surface area contributed by atoms with Gasteiger partial charge in [0.05, 0.1) is 0 Å². The second kappa shape index (κ2) is 5.62. The summed E-state index contributed by atoms with van der Waals surface area (Å²) in [6, 6.07) is 3.61. The fourth-order valence-corrected chi connectivity index (χ4v) is 1.03. The molecule has 0 aromatic heterocycles. The summed E-state index contributed by atoms with van der Waals surface area (Å²) in [6.07, 6.45) is 1.47. The lowest BCUT2D eigenvalue weighted by molar-refractivity contribution is 0.508. The minimum Gasteiger partial charge on any atom is -0.204 e. The molecule has 1 aromatic rings. The first-order chi connectivity index (χ1) is 6.74. The zero-order chi connectivity index (χ0) is 10.4. The zero-order valence-corrected chi connectivity index (χ0v) is 8.24. The van der Waals surface area contributed by atoms with Gasteiger partial charge in [-0.15, -0.1) is 11.6 Å². The number of rotatable bonds is 2. The topological polar surface area (TPSA) is 0 Å². The first kappa shape index (κ1) is 11.0. The van der Waals surface area contributed by atoms with E-state index in [0.717, 1.165) is 18.6 Å². The molecule has 0 radical (unpaired) electrons. The van der Waals surface area contributed by atoms with Crippen LogP contribution < -0.4 is 0 Å². The van der Waals surface area contributed by atoms with E-state index in [1.165, 1.54) is 6.07 Å². The maximum atomic E-state index is 12.7. The Kier molecular flexibility index (Phi) is 4.42. The van der Waals surface area contributed by atoms with Crippen LogP contribution in [0.2, 0.25) is 0 Å². The number of unbranched alkanes of at least 4 members (excludes halogenated alkanes) is 1. The first-order valence-electron chi connectivity index (χ1n) is 4.24. The summed E-state index contributed by atoms with van der Waals surface area (Å²) in [6.45, 7) is 0. The number of alkyl halides is 1. The molecule has 0 saturated heterocycles. The van der Waals surface area contributed by atoms with Gasteiger partial charge >= 0.3 is 0 Å². The molecule has 0 bridgehead atoms. The van der Waals surface area contributed by atoms with Crippen LogP contribution in [0.1, 0.15) is 18.4 Å². The summed E-state index contributed by atoms with van der Waals surface area (Å²) in [5.41, 5.74) is 0.485. The molecule has 0 fully saturated rings. The Bertz CT molecular complexity index is 363. The molecule has 0 amide bonds. The highest BCUT2D eigenvalue weighted by Gasteiger charge is 1.99. The van der Waals surface area contributed by atoms with E-state index in [4.69, 9.17) is 11.6 Å². The highest BCUT2D eigenvalue weighted by molar-refractivity contribution is 6.17. The maximum Gasteiger partial charge on any atom is 0.160 e. The maximum absolute atomic E-state index is 12.7. The molecule has 0 aliphatic carbocycles. The van der Waals surface area contributed by atoms with Crippen LogP contribution in [0.4, 0.5) is 8.78 Å². The van der Waals surface area contributed by atoms with Crippen molar-refractivity contribution in [1.82, 2.24) is 0 Å². The van der Waals surface area contributed by atoms with Gasteiger partial charge < -0.3 is 0 Å². The molecule has 0 N–H and O–H groups in total. The molecule has 1 aromatic carbocycles. The summed E-state index contributed by atoms with van der Waals surface area (Å²) in [5, 5.41) is 0. The summed E-state index contributed by atoms with van der Waals surface area (Å²) < 4.78 is 25.2. The zero-order valence-electron chi connectivity index (χ0n) is 7.49. The van der Waals surface area contributed by atoms with E-state index >= 15 is 0 Å². The van der Waals surface area contributed by atoms with E-state index in [-0.39, 0.29) is 0 Å². The van der Waals surface area contributed by atoms with Gasteiger partial charge in [0.15, 0.2) is 11.6 Å². The lowest BCUT2D eigenvalue weighted by Crippen LogP contribution is -1.84. The van der Waals surface area contributed by atoms with Crippen LogP contribution >= 0.6 is 11.6 Å². The Labute approximate surface area is 86.9 Å². The van der Waals surface area contributed by atoms with E-state index in [1.807, 2.05) is 0 Å². The van der Waals surface area contributed by atoms with Gasteiger partial charge in [-0.2, -0.15) is 0 Å². The van der Waals surface area contributed by atoms with Crippen molar-refractivity contribution in [2.75, 3.05) is 5.88 Å². The highest BCUT2D eigenvalue weighted by atomic mass is 35.5. The third-order valence-electron chi connectivity index (χ3n) is 1.59. The molecule has 1 rings (SSSR count). The molecular formula is C11H9ClF2. The first-order valence-corrected chi connectivity index (χ1v) is 4.77. The summed E-state index contributed by atoms with van der Waals surface area (Å²) >= 11 is 5.45. The number of hydrogen-bond acceptors (Lipinski definition) is 0. The van der Waals surface area contributed by atoms with Gasteiger partial charge in [-0.05, 0) is 24.6 Å². The molecule has 0 atom stereocenters. The number of halogens is 3.